The Bertz CT molecular complexity index is 329. The number of amides is 1. The molecular weight excluding hydrogens is 254 g/mol. The minimum absolute atomic E-state index is 0.176. The van der Waals surface area contributed by atoms with Crippen LogP contribution in [0.5, 0.6) is 0 Å². The van der Waals surface area contributed by atoms with Gasteiger partial charge in [-0.1, -0.05) is 19.3 Å². The zero-order valence-electron chi connectivity index (χ0n) is 12.9. The predicted octanol–water partition coefficient (Wildman–Crippen LogP) is 0.827. The van der Waals surface area contributed by atoms with Crippen LogP contribution >= 0.6 is 0 Å². The quantitative estimate of drug-likeness (QED) is 0.830. The molecular formula is C15H29N3O2. The minimum atomic E-state index is -0.591. The van der Waals surface area contributed by atoms with Crippen LogP contribution in [0.25, 0.3) is 0 Å². The Morgan fingerprint density at radius 2 is 2.00 bits per heavy atom. The van der Waals surface area contributed by atoms with Gasteiger partial charge in [-0.05, 0) is 19.8 Å². The lowest BCUT2D eigenvalue weighted by atomic mass is 9.81. The highest BCUT2D eigenvalue weighted by molar-refractivity contribution is 5.86. The molecule has 1 amide bonds. The fourth-order valence-corrected chi connectivity index (χ4v) is 3.43. The second-order valence-electron chi connectivity index (χ2n) is 6.35. The molecule has 0 aromatic carbocycles. The van der Waals surface area contributed by atoms with Crippen LogP contribution in [0.2, 0.25) is 0 Å². The number of nitrogens with zero attached hydrogens (tertiary/aromatic N) is 2. The van der Waals surface area contributed by atoms with Gasteiger partial charge in [0.25, 0.3) is 0 Å². The summed E-state index contributed by atoms with van der Waals surface area (Å²) >= 11 is 0. The van der Waals surface area contributed by atoms with Gasteiger partial charge >= 0.3 is 0 Å². The van der Waals surface area contributed by atoms with Crippen LogP contribution in [0.1, 0.15) is 39.0 Å². The maximum absolute atomic E-state index is 12.7. The number of rotatable bonds is 4. The van der Waals surface area contributed by atoms with Gasteiger partial charge in [-0.2, -0.15) is 0 Å². The lowest BCUT2D eigenvalue weighted by Crippen LogP contribution is -2.62. The maximum atomic E-state index is 12.7. The Morgan fingerprint density at radius 3 is 2.60 bits per heavy atom. The van der Waals surface area contributed by atoms with Gasteiger partial charge < -0.3 is 15.4 Å². The van der Waals surface area contributed by atoms with Gasteiger partial charge in [-0.25, -0.2) is 0 Å². The summed E-state index contributed by atoms with van der Waals surface area (Å²) in [6.45, 7) is 6.38. The molecule has 2 aliphatic rings. The van der Waals surface area contributed by atoms with E-state index in [1.165, 1.54) is 6.42 Å². The van der Waals surface area contributed by atoms with E-state index in [0.29, 0.717) is 6.04 Å². The molecule has 2 N–H and O–H groups in total. The van der Waals surface area contributed by atoms with Gasteiger partial charge in [-0.3, -0.25) is 9.69 Å². The Morgan fingerprint density at radius 1 is 1.30 bits per heavy atom. The molecule has 20 heavy (non-hydrogen) atoms. The SMILES string of the molecule is COCCN1CCN(C(=O)C2(N)CCCCC2)CC1C. The molecule has 1 saturated carbocycles. The van der Waals surface area contributed by atoms with Crippen LogP contribution in [0.3, 0.4) is 0 Å². The Balaban J connectivity index is 1.89. The molecule has 0 bridgehead atoms. The molecule has 1 aliphatic carbocycles. The van der Waals surface area contributed by atoms with E-state index in [0.717, 1.165) is 58.5 Å². The summed E-state index contributed by atoms with van der Waals surface area (Å²) in [6.07, 6.45) is 5.10. The molecule has 2 rings (SSSR count). The number of piperazine rings is 1. The van der Waals surface area contributed by atoms with Crippen LogP contribution in [-0.4, -0.2) is 67.2 Å². The number of hydrogen-bond donors (Lipinski definition) is 1. The summed E-state index contributed by atoms with van der Waals surface area (Å²) in [7, 11) is 1.73. The number of ether oxygens (including phenoxy) is 1. The molecule has 116 valence electrons. The minimum Gasteiger partial charge on any atom is -0.383 e. The summed E-state index contributed by atoms with van der Waals surface area (Å²) in [5.74, 6) is 0.176. The molecule has 0 aromatic rings. The molecule has 5 heteroatoms. The third-order valence-corrected chi connectivity index (χ3v) is 4.81. The van der Waals surface area contributed by atoms with Crippen molar-refractivity contribution in [2.45, 2.75) is 50.6 Å². The van der Waals surface area contributed by atoms with Crippen molar-refractivity contribution >= 4 is 5.91 Å². The summed E-state index contributed by atoms with van der Waals surface area (Å²) in [6, 6.07) is 0.384. The maximum Gasteiger partial charge on any atom is 0.242 e. The van der Waals surface area contributed by atoms with Crippen molar-refractivity contribution in [3.63, 3.8) is 0 Å². The van der Waals surface area contributed by atoms with Crippen molar-refractivity contribution in [2.75, 3.05) is 39.9 Å². The fourth-order valence-electron chi connectivity index (χ4n) is 3.43. The van der Waals surface area contributed by atoms with Gasteiger partial charge in [0.05, 0.1) is 12.1 Å². The number of nitrogens with two attached hydrogens (primary N) is 1. The summed E-state index contributed by atoms with van der Waals surface area (Å²) in [4.78, 5) is 17.1. The van der Waals surface area contributed by atoms with Crippen molar-refractivity contribution in [3.8, 4) is 0 Å². The van der Waals surface area contributed by atoms with Crippen LogP contribution < -0.4 is 5.73 Å². The monoisotopic (exact) mass is 283 g/mol. The fraction of sp³-hybridized carbons (Fsp3) is 0.933. The van der Waals surface area contributed by atoms with E-state index in [9.17, 15) is 4.79 Å². The highest BCUT2D eigenvalue weighted by atomic mass is 16.5. The number of hydrogen-bond acceptors (Lipinski definition) is 4. The van der Waals surface area contributed by atoms with Gasteiger partial charge in [-0.15, -0.1) is 0 Å². The third kappa shape index (κ3) is 3.51. The molecule has 5 nitrogen and oxygen atoms in total. The molecule has 1 heterocycles. The molecule has 0 spiro atoms. The van der Waals surface area contributed by atoms with Crippen molar-refractivity contribution in [1.82, 2.24) is 9.80 Å². The van der Waals surface area contributed by atoms with Crippen molar-refractivity contribution in [3.05, 3.63) is 0 Å². The van der Waals surface area contributed by atoms with Gasteiger partial charge in [0, 0.05) is 39.3 Å². The Kier molecular flexibility index (Phi) is 5.41. The smallest absolute Gasteiger partial charge is 0.242 e. The third-order valence-electron chi connectivity index (χ3n) is 4.81. The van der Waals surface area contributed by atoms with E-state index >= 15 is 0 Å². The van der Waals surface area contributed by atoms with E-state index in [1.54, 1.807) is 7.11 Å². The first-order valence-corrected chi connectivity index (χ1v) is 7.88. The van der Waals surface area contributed by atoms with E-state index in [2.05, 4.69) is 11.8 Å². The molecule has 0 radical (unpaired) electrons. The zero-order valence-corrected chi connectivity index (χ0v) is 12.9. The van der Waals surface area contributed by atoms with Crippen LogP contribution in [0.4, 0.5) is 0 Å². The van der Waals surface area contributed by atoms with Crippen LogP contribution in [0, 0.1) is 0 Å². The Hall–Kier alpha value is -0.650. The summed E-state index contributed by atoms with van der Waals surface area (Å²) < 4.78 is 5.14. The van der Waals surface area contributed by atoms with Crippen molar-refractivity contribution in [1.29, 1.82) is 0 Å². The highest BCUT2D eigenvalue weighted by Crippen LogP contribution is 2.28. The summed E-state index contributed by atoms with van der Waals surface area (Å²) in [5, 5.41) is 0. The van der Waals surface area contributed by atoms with Gasteiger partial charge in [0.15, 0.2) is 0 Å². The second kappa shape index (κ2) is 6.87. The van der Waals surface area contributed by atoms with Crippen molar-refractivity contribution in [2.24, 2.45) is 5.73 Å². The van der Waals surface area contributed by atoms with E-state index in [4.69, 9.17) is 10.5 Å². The molecule has 0 aromatic heterocycles. The normalized spacial score (nSPS) is 27.6. The second-order valence-corrected chi connectivity index (χ2v) is 6.35. The number of methoxy groups -OCH3 is 1. The predicted molar refractivity (Wildman–Crippen MR) is 79.5 cm³/mol. The topological polar surface area (TPSA) is 58.8 Å². The molecule has 1 atom stereocenters. The van der Waals surface area contributed by atoms with Crippen LogP contribution in [0.15, 0.2) is 0 Å². The molecule has 1 aliphatic heterocycles. The first-order valence-electron chi connectivity index (χ1n) is 7.88. The lowest BCUT2D eigenvalue weighted by molar-refractivity contribution is -0.141. The summed E-state index contributed by atoms with van der Waals surface area (Å²) in [5.41, 5.74) is 5.78. The molecule has 1 unspecified atom stereocenters. The molecule has 1 saturated heterocycles. The van der Waals surface area contributed by atoms with Gasteiger partial charge in [0.1, 0.15) is 0 Å². The molecule has 2 fully saturated rings. The average molecular weight is 283 g/mol. The largest absolute Gasteiger partial charge is 0.383 e. The van der Waals surface area contributed by atoms with Gasteiger partial charge in [0.2, 0.25) is 5.91 Å². The average Bonchev–Trinajstić information content (AvgIpc) is 2.46. The first kappa shape index (κ1) is 15.7. The first-order chi connectivity index (χ1) is 9.57. The van der Waals surface area contributed by atoms with E-state index in [-0.39, 0.29) is 5.91 Å². The zero-order chi connectivity index (χ0) is 14.6. The highest BCUT2D eigenvalue weighted by Gasteiger charge is 2.40. The van der Waals surface area contributed by atoms with Crippen LogP contribution in [-0.2, 0) is 9.53 Å². The lowest BCUT2D eigenvalue weighted by Gasteiger charge is -2.43. The Labute approximate surface area is 122 Å². The van der Waals surface area contributed by atoms with E-state index in [1.807, 2.05) is 4.90 Å². The van der Waals surface area contributed by atoms with Crippen molar-refractivity contribution < 1.29 is 9.53 Å². The standard InChI is InChI=1S/C15H29N3O2/c1-13-12-18(9-8-17(13)10-11-20-2)14(19)15(16)6-4-3-5-7-15/h13H,3-12,16H2,1-2H3. The van der Waals surface area contributed by atoms with E-state index < -0.39 is 5.54 Å². The number of carbonyl (C=O) groups is 1. The number of carbonyl (C=O) groups excluding carboxylic acids is 1.